The van der Waals surface area contributed by atoms with Gasteiger partial charge in [-0.15, -0.1) is 0 Å². The second-order valence-electron chi connectivity index (χ2n) is 7.63. The zero-order valence-electron chi connectivity index (χ0n) is 15.4. The molecule has 1 amide bonds. The van der Waals surface area contributed by atoms with Gasteiger partial charge in [0.1, 0.15) is 11.3 Å². The van der Waals surface area contributed by atoms with Crippen molar-refractivity contribution in [3.05, 3.63) is 60.2 Å². The van der Waals surface area contributed by atoms with Crippen LogP contribution < -0.4 is 10.3 Å². The van der Waals surface area contributed by atoms with Gasteiger partial charge >= 0.3 is 0 Å². The van der Waals surface area contributed by atoms with Crippen molar-refractivity contribution in [2.45, 2.75) is 24.8 Å². The zero-order valence-corrected chi connectivity index (χ0v) is 15.4. The predicted octanol–water partition coefficient (Wildman–Crippen LogP) is 3.32. The molecule has 0 bridgehead atoms. The number of anilines is 2. The molecule has 3 aliphatic rings. The van der Waals surface area contributed by atoms with Crippen molar-refractivity contribution in [1.82, 2.24) is 0 Å². The van der Waals surface area contributed by atoms with Crippen LogP contribution in [0.1, 0.15) is 18.9 Å². The van der Waals surface area contributed by atoms with E-state index in [0.29, 0.717) is 12.1 Å². The number of carbonyl (C=O) groups excluding carboxylic acids is 1. The second kappa shape index (κ2) is 5.77. The summed E-state index contributed by atoms with van der Waals surface area (Å²) in [6.07, 6.45) is 0.413. The molecule has 28 heavy (non-hydrogen) atoms. The van der Waals surface area contributed by atoms with Gasteiger partial charge in [0, 0.05) is 29.4 Å². The molecule has 6 heteroatoms. The van der Waals surface area contributed by atoms with Crippen LogP contribution in [0.25, 0.3) is 0 Å². The summed E-state index contributed by atoms with van der Waals surface area (Å²) in [4.78, 5) is 13.4. The van der Waals surface area contributed by atoms with Crippen molar-refractivity contribution < 1.29 is 4.79 Å². The number of hydrazone groups is 1. The number of nitrogens with one attached hydrogen (secondary N) is 2. The third-order valence-electron chi connectivity index (χ3n) is 6.28. The third kappa shape index (κ3) is 1.93. The maximum Gasteiger partial charge on any atom is 0.237 e. The van der Waals surface area contributed by atoms with Gasteiger partial charge in [0.25, 0.3) is 0 Å². The van der Waals surface area contributed by atoms with Crippen LogP contribution in [0.2, 0.25) is 0 Å². The van der Waals surface area contributed by atoms with E-state index in [0.717, 1.165) is 22.6 Å². The van der Waals surface area contributed by atoms with Crippen molar-refractivity contribution in [3.8, 4) is 6.07 Å². The number of hydrogen-bond acceptors (Lipinski definition) is 5. The van der Waals surface area contributed by atoms with Gasteiger partial charge in [0.05, 0.1) is 17.8 Å². The molecule has 2 heterocycles. The van der Waals surface area contributed by atoms with Crippen LogP contribution >= 0.6 is 0 Å². The molecular weight excluding hydrogens is 350 g/mol. The van der Waals surface area contributed by atoms with Crippen molar-refractivity contribution >= 4 is 28.7 Å². The highest BCUT2D eigenvalue weighted by atomic mass is 16.2. The Bertz CT molecular complexity index is 1070. The van der Waals surface area contributed by atoms with Crippen LogP contribution in [0.5, 0.6) is 0 Å². The Balaban J connectivity index is 1.74. The van der Waals surface area contributed by atoms with Crippen molar-refractivity contribution in [1.29, 1.82) is 10.7 Å². The van der Waals surface area contributed by atoms with Crippen LogP contribution in [-0.2, 0) is 10.2 Å². The first-order chi connectivity index (χ1) is 13.6. The molecule has 2 N–H and O–H groups in total. The molecule has 2 aromatic rings. The van der Waals surface area contributed by atoms with E-state index in [-0.39, 0.29) is 17.9 Å². The van der Waals surface area contributed by atoms with Gasteiger partial charge in [-0.25, -0.2) is 0 Å². The molecule has 1 spiro atoms. The lowest BCUT2D eigenvalue weighted by molar-refractivity contribution is -0.123. The number of rotatable bonds is 1. The lowest BCUT2D eigenvalue weighted by Crippen LogP contribution is -2.60. The van der Waals surface area contributed by atoms with E-state index in [2.05, 4.69) is 11.4 Å². The summed E-state index contributed by atoms with van der Waals surface area (Å²) < 4.78 is 0. The summed E-state index contributed by atoms with van der Waals surface area (Å²) in [6, 6.07) is 19.5. The minimum atomic E-state index is -1.12. The monoisotopic (exact) mass is 369 g/mol. The third-order valence-corrected chi connectivity index (χ3v) is 6.28. The molecule has 2 aromatic carbocycles. The number of carbonyl (C=O) groups is 1. The molecule has 0 aromatic heterocycles. The highest BCUT2D eigenvalue weighted by Gasteiger charge is 2.66. The lowest BCUT2D eigenvalue weighted by Gasteiger charge is -2.46. The minimum Gasteiger partial charge on any atom is -0.325 e. The zero-order chi connectivity index (χ0) is 19.5. The molecule has 0 saturated heterocycles. The first kappa shape index (κ1) is 16.7. The molecule has 4 unspecified atom stereocenters. The first-order valence-corrected chi connectivity index (χ1v) is 9.36. The van der Waals surface area contributed by atoms with E-state index in [1.165, 1.54) is 0 Å². The average Bonchev–Trinajstić information content (AvgIpc) is 3.18. The number of fused-ring (bicyclic) bond motifs is 4. The van der Waals surface area contributed by atoms with Crippen molar-refractivity contribution in [3.63, 3.8) is 0 Å². The van der Waals surface area contributed by atoms with E-state index >= 15 is 0 Å². The number of nitrogens with zero attached hydrogens (tertiary/aromatic N) is 3. The van der Waals surface area contributed by atoms with E-state index < -0.39 is 11.3 Å². The van der Waals surface area contributed by atoms with Gasteiger partial charge in [0.2, 0.25) is 5.91 Å². The summed E-state index contributed by atoms with van der Waals surface area (Å²) >= 11 is 0. The first-order valence-electron chi connectivity index (χ1n) is 9.36. The topological polar surface area (TPSA) is 92.3 Å². The molecule has 138 valence electrons. The Kier molecular flexibility index (Phi) is 3.44. The summed E-state index contributed by atoms with van der Waals surface area (Å²) in [6.45, 7) is 1.93. The van der Waals surface area contributed by atoms with E-state index in [4.69, 9.17) is 10.5 Å². The molecule has 4 atom stereocenters. The van der Waals surface area contributed by atoms with E-state index in [1.807, 2.05) is 66.5 Å². The molecule has 1 fully saturated rings. The largest absolute Gasteiger partial charge is 0.325 e. The van der Waals surface area contributed by atoms with Crippen LogP contribution in [0.3, 0.4) is 0 Å². The molecule has 0 radical (unpaired) electrons. The number of nitriles is 1. The second-order valence-corrected chi connectivity index (χ2v) is 7.63. The van der Waals surface area contributed by atoms with Gasteiger partial charge in [-0.05, 0) is 30.7 Å². The van der Waals surface area contributed by atoms with Crippen molar-refractivity contribution in [2.24, 2.45) is 16.9 Å². The molecule has 1 aliphatic carbocycles. The standard InChI is InChI=1S/C22H19N5O/c1-13-20-19(27(26-13)14-7-3-2-4-8-14)11-17(24)16(12-23)22(20)15-9-5-6-10-18(15)25-21(22)28/h2-10,16,19-20,24H,11H2,1H3,(H,25,28). The fraction of sp³-hybridized carbons (Fsp3) is 0.273. The molecular formula is C22H19N5O. The quantitative estimate of drug-likeness (QED) is 0.808. The Morgan fingerprint density at radius 1 is 1.21 bits per heavy atom. The van der Waals surface area contributed by atoms with Crippen LogP contribution in [0, 0.1) is 28.6 Å². The summed E-state index contributed by atoms with van der Waals surface area (Å²) in [5.74, 6) is -1.28. The normalized spacial score (nSPS) is 30.5. The number of amides is 1. The maximum atomic E-state index is 13.4. The average molecular weight is 369 g/mol. The highest BCUT2D eigenvalue weighted by molar-refractivity contribution is 6.15. The van der Waals surface area contributed by atoms with Crippen LogP contribution in [-0.4, -0.2) is 23.4 Å². The number of benzene rings is 2. The summed E-state index contributed by atoms with van der Waals surface area (Å²) in [5, 5.41) is 28.3. The van der Waals surface area contributed by atoms with Gasteiger partial charge in [-0.2, -0.15) is 10.4 Å². The Morgan fingerprint density at radius 2 is 1.93 bits per heavy atom. The summed E-state index contributed by atoms with van der Waals surface area (Å²) in [7, 11) is 0. The lowest BCUT2D eigenvalue weighted by atomic mass is 9.54. The van der Waals surface area contributed by atoms with E-state index in [9.17, 15) is 10.1 Å². The van der Waals surface area contributed by atoms with Gasteiger partial charge in [0.15, 0.2) is 0 Å². The Hall–Kier alpha value is -3.46. The number of hydrogen-bond donors (Lipinski definition) is 2. The molecule has 5 rings (SSSR count). The fourth-order valence-corrected chi connectivity index (χ4v) is 5.27. The smallest absolute Gasteiger partial charge is 0.237 e. The SMILES string of the molecule is CC1=NN(c2ccccc2)C2CC(=N)C(C#N)C3(C(=O)Nc4ccccc43)C12. The molecule has 1 saturated carbocycles. The molecule has 6 nitrogen and oxygen atoms in total. The van der Waals surface area contributed by atoms with Crippen molar-refractivity contribution in [2.75, 3.05) is 10.3 Å². The summed E-state index contributed by atoms with van der Waals surface area (Å²) in [5.41, 5.74) is 2.46. The Labute approximate surface area is 163 Å². The maximum absolute atomic E-state index is 13.4. The van der Waals surface area contributed by atoms with Crippen LogP contribution in [0.4, 0.5) is 11.4 Å². The van der Waals surface area contributed by atoms with Gasteiger partial charge < -0.3 is 10.7 Å². The van der Waals surface area contributed by atoms with Gasteiger partial charge in [-0.3, -0.25) is 9.80 Å². The van der Waals surface area contributed by atoms with Gasteiger partial charge in [-0.1, -0.05) is 36.4 Å². The highest BCUT2D eigenvalue weighted by Crippen LogP contribution is 2.55. The van der Waals surface area contributed by atoms with E-state index in [1.54, 1.807) is 0 Å². The molecule has 2 aliphatic heterocycles. The predicted molar refractivity (Wildman–Crippen MR) is 108 cm³/mol. The van der Waals surface area contributed by atoms with Crippen LogP contribution in [0.15, 0.2) is 59.7 Å². The number of para-hydroxylation sites is 2. The fourth-order valence-electron chi connectivity index (χ4n) is 5.27. The minimum absolute atomic E-state index is 0.170. The Morgan fingerprint density at radius 3 is 2.68 bits per heavy atom.